The number of anilines is 2. The van der Waals surface area contributed by atoms with Gasteiger partial charge in [-0.25, -0.2) is 9.97 Å². The van der Waals surface area contributed by atoms with Crippen LogP contribution in [-0.4, -0.2) is 35.1 Å². The third-order valence-electron chi connectivity index (χ3n) is 3.59. The van der Waals surface area contributed by atoms with Crippen molar-refractivity contribution in [2.45, 2.75) is 18.9 Å². The van der Waals surface area contributed by atoms with Gasteiger partial charge in [0.15, 0.2) is 0 Å². The summed E-state index contributed by atoms with van der Waals surface area (Å²) in [6, 6.07) is 5.09. The number of hydrogen-bond acceptors (Lipinski definition) is 5. The van der Waals surface area contributed by atoms with Gasteiger partial charge >= 0.3 is 0 Å². The van der Waals surface area contributed by atoms with Gasteiger partial charge in [-0.2, -0.15) is 0 Å². The summed E-state index contributed by atoms with van der Waals surface area (Å²) in [6.07, 6.45) is 4.99. The van der Waals surface area contributed by atoms with E-state index >= 15 is 0 Å². The molecule has 3 rings (SSSR count). The number of carbonyl (C=O) groups excluding carboxylic acids is 1. The highest BCUT2D eigenvalue weighted by atomic mass is 35.5. The molecule has 1 aromatic carbocycles. The zero-order chi connectivity index (χ0) is 16.9. The smallest absolute Gasteiger partial charge is 0.271 e. The van der Waals surface area contributed by atoms with E-state index in [2.05, 4.69) is 20.6 Å². The fourth-order valence-corrected chi connectivity index (χ4v) is 2.80. The lowest BCUT2D eigenvalue weighted by molar-refractivity contribution is 0.0853. The van der Waals surface area contributed by atoms with E-state index < -0.39 is 0 Å². The van der Waals surface area contributed by atoms with E-state index in [0.29, 0.717) is 28.1 Å². The highest BCUT2D eigenvalue weighted by Gasteiger charge is 2.17. The summed E-state index contributed by atoms with van der Waals surface area (Å²) in [5.41, 5.74) is 0.909. The lowest BCUT2D eigenvalue weighted by Gasteiger charge is -2.11. The molecule has 1 aromatic heterocycles. The molecule has 8 heteroatoms. The van der Waals surface area contributed by atoms with Gasteiger partial charge < -0.3 is 15.4 Å². The van der Waals surface area contributed by atoms with Gasteiger partial charge in [0, 0.05) is 18.2 Å². The maximum absolute atomic E-state index is 12.0. The lowest BCUT2D eigenvalue weighted by atomic mass is 10.2. The van der Waals surface area contributed by atoms with E-state index in [9.17, 15) is 4.79 Å². The van der Waals surface area contributed by atoms with Crippen LogP contribution in [0.3, 0.4) is 0 Å². The second kappa shape index (κ2) is 7.79. The molecule has 0 saturated carbocycles. The van der Waals surface area contributed by atoms with Crippen LogP contribution in [0.25, 0.3) is 0 Å². The first kappa shape index (κ1) is 17.0. The molecule has 0 aliphatic carbocycles. The van der Waals surface area contributed by atoms with Crippen LogP contribution in [0, 0.1) is 0 Å². The average molecular weight is 367 g/mol. The molecule has 0 spiro atoms. The molecule has 0 radical (unpaired) electrons. The van der Waals surface area contributed by atoms with Crippen molar-refractivity contribution in [3.63, 3.8) is 0 Å². The summed E-state index contributed by atoms with van der Waals surface area (Å²) >= 11 is 12.0. The van der Waals surface area contributed by atoms with Gasteiger partial charge in [0.25, 0.3) is 5.91 Å². The molecule has 1 aliphatic heterocycles. The van der Waals surface area contributed by atoms with E-state index in [0.717, 1.165) is 19.4 Å². The van der Waals surface area contributed by atoms with Gasteiger partial charge in [0.05, 0.1) is 29.2 Å². The van der Waals surface area contributed by atoms with Crippen molar-refractivity contribution in [3.05, 3.63) is 46.3 Å². The van der Waals surface area contributed by atoms with Crippen LogP contribution < -0.4 is 10.6 Å². The van der Waals surface area contributed by atoms with Crippen LogP contribution in [0.5, 0.6) is 0 Å². The summed E-state index contributed by atoms with van der Waals surface area (Å²) in [5, 5.41) is 6.85. The summed E-state index contributed by atoms with van der Waals surface area (Å²) in [7, 11) is 0. The first-order valence-electron chi connectivity index (χ1n) is 7.56. The van der Waals surface area contributed by atoms with Crippen molar-refractivity contribution in [3.8, 4) is 0 Å². The quantitative estimate of drug-likeness (QED) is 0.847. The number of amides is 1. The first-order chi connectivity index (χ1) is 11.6. The number of aromatic nitrogens is 2. The van der Waals surface area contributed by atoms with Gasteiger partial charge in [-0.05, 0) is 31.0 Å². The zero-order valence-corrected chi connectivity index (χ0v) is 14.3. The summed E-state index contributed by atoms with van der Waals surface area (Å²) < 4.78 is 5.46. The molecule has 2 heterocycles. The van der Waals surface area contributed by atoms with E-state index in [1.54, 1.807) is 18.2 Å². The number of halogens is 2. The van der Waals surface area contributed by atoms with Crippen molar-refractivity contribution in [2.75, 3.05) is 18.5 Å². The van der Waals surface area contributed by atoms with Crippen LogP contribution in [-0.2, 0) is 4.74 Å². The van der Waals surface area contributed by atoms with Crippen molar-refractivity contribution < 1.29 is 9.53 Å². The molecule has 24 heavy (non-hydrogen) atoms. The Labute approximate surface area is 149 Å². The molecule has 1 unspecified atom stereocenters. The molecular formula is C16H16Cl2N4O2. The van der Waals surface area contributed by atoms with E-state index in [1.165, 1.54) is 12.4 Å². The van der Waals surface area contributed by atoms with Gasteiger partial charge in [-0.3, -0.25) is 4.79 Å². The number of rotatable bonds is 5. The topological polar surface area (TPSA) is 76.1 Å². The number of ether oxygens (including phenoxy) is 1. The van der Waals surface area contributed by atoms with Gasteiger partial charge in [-0.1, -0.05) is 23.2 Å². The Morgan fingerprint density at radius 1 is 1.29 bits per heavy atom. The van der Waals surface area contributed by atoms with Crippen LogP contribution in [0.4, 0.5) is 11.5 Å². The Bertz CT molecular complexity index is 719. The highest BCUT2D eigenvalue weighted by Crippen LogP contribution is 2.27. The molecule has 2 N–H and O–H groups in total. The zero-order valence-electron chi connectivity index (χ0n) is 12.8. The highest BCUT2D eigenvalue weighted by molar-refractivity contribution is 6.36. The van der Waals surface area contributed by atoms with Crippen LogP contribution >= 0.6 is 23.2 Å². The van der Waals surface area contributed by atoms with E-state index in [-0.39, 0.29) is 17.7 Å². The molecule has 1 saturated heterocycles. The molecule has 6 nitrogen and oxygen atoms in total. The number of hydrogen-bond donors (Lipinski definition) is 2. The van der Waals surface area contributed by atoms with Crippen molar-refractivity contribution >= 4 is 40.6 Å². The fourth-order valence-electron chi connectivity index (χ4n) is 2.34. The van der Waals surface area contributed by atoms with Crippen LogP contribution in [0.1, 0.15) is 23.3 Å². The van der Waals surface area contributed by atoms with E-state index in [1.807, 2.05) is 0 Å². The minimum absolute atomic E-state index is 0.0925. The molecule has 1 fully saturated rings. The average Bonchev–Trinajstić information content (AvgIpc) is 3.09. The number of benzene rings is 1. The Hall–Kier alpha value is -1.89. The summed E-state index contributed by atoms with van der Waals surface area (Å²) in [4.78, 5) is 20.3. The second-order valence-electron chi connectivity index (χ2n) is 5.38. The lowest BCUT2D eigenvalue weighted by Crippen LogP contribution is -2.32. The number of nitrogens with zero attached hydrogens (tertiary/aromatic N) is 2. The maximum atomic E-state index is 12.0. The van der Waals surface area contributed by atoms with Gasteiger partial charge in [0.1, 0.15) is 11.5 Å². The van der Waals surface area contributed by atoms with Crippen molar-refractivity contribution in [1.82, 2.24) is 15.3 Å². The normalized spacial score (nSPS) is 16.8. The summed E-state index contributed by atoms with van der Waals surface area (Å²) in [5.74, 6) is 0.212. The van der Waals surface area contributed by atoms with E-state index in [4.69, 9.17) is 27.9 Å². The standard InChI is InChI=1S/C16H16Cl2N4O2/c17-10-3-4-13(12(18)6-10)22-15-9-19-14(8-20-15)16(23)21-7-11-2-1-5-24-11/h3-4,6,8-9,11H,1-2,5,7H2,(H,20,22)(H,21,23). The minimum Gasteiger partial charge on any atom is -0.376 e. The molecular weight excluding hydrogens is 351 g/mol. The number of nitrogens with one attached hydrogen (secondary N) is 2. The largest absolute Gasteiger partial charge is 0.376 e. The molecule has 2 aromatic rings. The third-order valence-corrected chi connectivity index (χ3v) is 4.14. The van der Waals surface area contributed by atoms with Gasteiger partial charge in [-0.15, -0.1) is 0 Å². The Kier molecular flexibility index (Phi) is 5.50. The van der Waals surface area contributed by atoms with Gasteiger partial charge in [0.2, 0.25) is 0 Å². The predicted molar refractivity (Wildman–Crippen MR) is 93.1 cm³/mol. The Morgan fingerprint density at radius 3 is 2.83 bits per heavy atom. The third kappa shape index (κ3) is 4.35. The van der Waals surface area contributed by atoms with Crippen LogP contribution in [0.2, 0.25) is 10.0 Å². The first-order valence-corrected chi connectivity index (χ1v) is 8.31. The molecule has 1 atom stereocenters. The molecule has 126 valence electrons. The van der Waals surface area contributed by atoms with Crippen molar-refractivity contribution in [2.24, 2.45) is 0 Å². The minimum atomic E-state index is -0.269. The SMILES string of the molecule is O=C(NCC1CCCO1)c1cnc(Nc2ccc(Cl)cc2Cl)cn1. The number of carbonyl (C=O) groups is 1. The van der Waals surface area contributed by atoms with Crippen LogP contribution in [0.15, 0.2) is 30.6 Å². The summed E-state index contributed by atoms with van der Waals surface area (Å²) in [6.45, 7) is 1.24. The molecule has 0 bridgehead atoms. The second-order valence-corrected chi connectivity index (χ2v) is 6.22. The molecule has 1 amide bonds. The monoisotopic (exact) mass is 366 g/mol. The molecule has 1 aliphatic rings. The fraction of sp³-hybridized carbons (Fsp3) is 0.312. The Balaban J connectivity index is 1.59. The maximum Gasteiger partial charge on any atom is 0.271 e. The van der Waals surface area contributed by atoms with Crippen molar-refractivity contribution in [1.29, 1.82) is 0 Å². The predicted octanol–water partition coefficient (Wildman–Crippen LogP) is 3.44. The Morgan fingerprint density at radius 2 is 2.17 bits per heavy atom.